The minimum atomic E-state index is -0.178. The first kappa shape index (κ1) is 22.6. The van der Waals surface area contributed by atoms with Gasteiger partial charge in [-0.3, -0.25) is 4.79 Å². The van der Waals surface area contributed by atoms with Gasteiger partial charge < -0.3 is 20.1 Å². The van der Waals surface area contributed by atoms with Gasteiger partial charge in [0, 0.05) is 35.2 Å². The second-order valence-corrected chi connectivity index (χ2v) is 8.74. The van der Waals surface area contributed by atoms with Crippen molar-refractivity contribution in [2.75, 3.05) is 23.5 Å². The van der Waals surface area contributed by atoms with Gasteiger partial charge in [0.25, 0.3) is 0 Å². The van der Waals surface area contributed by atoms with Gasteiger partial charge in [0.2, 0.25) is 23.6 Å². The quantitative estimate of drug-likeness (QED) is 0.467. The predicted molar refractivity (Wildman–Crippen MR) is 131 cm³/mol. The molecule has 3 heterocycles. The van der Waals surface area contributed by atoms with Crippen LogP contribution in [0.4, 0.5) is 17.3 Å². The molecule has 1 aliphatic rings. The number of carbonyl (C=O) groups excluding carboxylic acids is 1. The molecule has 9 heteroatoms. The van der Waals surface area contributed by atoms with Crippen molar-refractivity contribution >= 4 is 35.0 Å². The Bertz CT molecular complexity index is 1180. The third-order valence-corrected chi connectivity index (χ3v) is 5.71. The predicted octanol–water partition coefficient (Wildman–Crippen LogP) is 5.11. The number of hydrogen-bond acceptors (Lipinski definition) is 8. The van der Waals surface area contributed by atoms with Crippen molar-refractivity contribution in [3.8, 4) is 17.5 Å². The highest BCUT2D eigenvalue weighted by atomic mass is 32.2. The molecular weight excluding hydrogens is 438 g/mol. The number of pyridine rings is 1. The van der Waals surface area contributed by atoms with Gasteiger partial charge in [0.15, 0.2) is 0 Å². The highest BCUT2D eigenvalue weighted by Crippen LogP contribution is 2.34. The fourth-order valence-corrected chi connectivity index (χ4v) is 4.21. The minimum Gasteiger partial charge on any atom is -0.481 e. The van der Waals surface area contributed by atoms with Crippen molar-refractivity contribution in [3.63, 3.8) is 0 Å². The molecule has 0 spiro atoms. The second kappa shape index (κ2) is 10.4. The third kappa shape index (κ3) is 6.01. The number of amides is 1. The van der Waals surface area contributed by atoms with Crippen LogP contribution in [-0.4, -0.2) is 33.7 Å². The van der Waals surface area contributed by atoms with Crippen molar-refractivity contribution in [1.82, 2.24) is 15.0 Å². The number of fused-ring (bicyclic) bond motifs is 1. The molecule has 3 aromatic rings. The molecule has 0 unspecified atom stereocenters. The number of thioether (sulfide) groups is 1. The lowest BCUT2D eigenvalue weighted by molar-refractivity contribution is -0.111. The molecule has 0 aliphatic carbocycles. The first-order valence-electron chi connectivity index (χ1n) is 10.5. The van der Waals surface area contributed by atoms with Crippen molar-refractivity contribution in [2.45, 2.75) is 26.0 Å². The first-order valence-corrected chi connectivity index (χ1v) is 11.6. The fourth-order valence-electron chi connectivity index (χ4n) is 3.24. The number of nitrogens with zero attached hydrogens (tertiary/aromatic N) is 3. The Morgan fingerprint density at radius 2 is 2.03 bits per heavy atom. The molecule has 0 fully saturated rings. The summed E-state index contributed by atoms with van der Waals surface area (Å²) in [6.45, 7) is 3.76. The van der Waals surface area contributed by atoms with Gasteiger partial charge in [-0.1, -0.05) is 11.6 Å². The van der Waals surface area contributed by atoms with Gasteiger partial charge in [-0.25, -0.2) is 9.97 Å². The molecule has 0 atom stereocenters. The topological polar surface area (TPSA) is 98.3 Å². The lowest BCUT2D eigenvalue weighted by atomic mass is 10.2. The van der Waals surface area contributed by atoms with Gasteiger partial charge >= 0.3 is 0 Å². The van der Waals surface area contributed by atoms with Gasteiger partial charge in [-0.15, -0.1) is 0 Å². The standard InChI is InChI=1S/C24H25N5O3S/c1-15(2)11-21(30)26-16-5-4-6-18(12-16)32-23-19-14-33-10-9-20(19)28-24(29-23)27-17-7-8-22(31-3)25-13-17/h4-8,11-13H,9-10,14H2,1-3H3,(H,26,30)(H,27,28,29). The van der Waals surface area contributed by atoms with E-state index in [1.54, 1.807) is 31.5 Å². The maximum absolute atomic E-state index is 12.1. The number of ether oxygens (including phenoxy) is 2. The van der Waals surface area contributed by atoms with E-state index in [9.17, 15) is 4.79 Å². The SMILES string of the molecule is COc1ccc(Nc2nc3c(c(Oc4cccc(NC(=O)C=C(C)C)c4)n2)CSCC3)cn1. The monoisotopic (exact) mass is 463 g/mol. The minimum absolute atomic E-state index is 0.178. The zero-order chi connectivity index (χ0) is 23.2. The van der Waals surface area contributed by atoms with Crippen molar-refractivity contribution < 1.29 is 14.3 Å². The van der Waals surface area contributed by atoms with Crippen LogP contribution in [0, 0.1) is 0 Å². The van der Waals surface area contributed by atoms with Crippen LogP contribution in [0.5, 0.6) is 17.5 Å². The number of benzene rings is 1. The molecule has 1 amide bonds. The highest BCUT2D eigenvalue weighted by molar-refractivity contribution is 7.98. The maximum atomic E-state index is 12.1. The van der Waals surface area contributed by atoms with Crippen LogP contribution in [0.2, 0.25) is 0 Å². The lowest BCUT2D eigenvalue weighted by Crippen LogP contribution is -2.11. The van der Waals surface area contributed by atoms with E-state index in [0.29, 0.717) is 29.1 Å². The van der Waals surface area contributed by atoms with E-state index < -0.39 is 0 Å². The van der Waals surface area contributed by atoms with E-state index in [2.05, 4.69) is 20.6 Å². The van der Waals surface area contributed by atoms with E-state index in [0.717, 1.165) is 40.4 Å². The Morgan fingerprint density at radius 3 is 2.79 bits per heavy atom. The number of carbonyl (C=O) groups is 1. The fraction of sp³-hybridized carbons (Fsp3) is 0.250. The number of aryl methyl sites for hydroxylation is 1. The van der Waals surface area contributed by atoms with Gasteiger partial charge in [-0.2, -0.15) is 16.7 Å². The zero-order valence-electron chi connectivity index (χ0n) is 18.7. The smallest absolute Gasteiger partial charge is 0.248 e. The zero-order valence-corrected chi connectivity index (χ0v) is 19.5. The molecule has 4 rings (SSSR count). The normalized spacial score (nSPS) is 12.3. The molecule has 1 aliphatic heterocycles. The van der Waals surface area contributed by atoms with Crippen LogP contribution in [0.1, 0.15) is 25.1 Å². The maximum Gasteiger partial charge on any atom is 0.248 e. The highest BCUT2D eigenvalue weighted by Gasteiger charge is 2.20. The molecular formula is C24H25N5O3S. The summed E-state index contributed by atoms with van der Waals surface area (Å²) in [6.07, 6.45) is 4.06. The van der Waals surface area contributed by atoms with Crippen molar-refractivity contribution in [3.05, 3.63) is 65.5 Å². The number of methoxy groups -OCH3 is 1. The summed E-state index contributed by atoms with van der Waals surface area (Å²) in [7, 11) is 1.58. The summed E-state index contributed by atoms with van der Waals surface area (Å²) >= 11 is 1.83. The molecule has 33 heavy (non-hydrogen) atoms. The average Bonchev–Trinajstić information content (AvgIpc) is 2.79. The second-order valence-electron chi connectivity index (χ2n) is 7.64. The van der Waals surface area contributed by atoms with Gasteiger partial charge in [-0.05, 0) is 44.2 Å². The number of nitrogens with one attached hydrogen (secondary N) is 2. The van der Waals surface area contributed by atoms with E-state index >= 15 is 0 Å². The summed E-state index contributed by atoms with van der Waals surface area (Å²) in [6, 6.07) is 10.9. The van der Waals surface area contributed by atoms with E-state index in [1.807, 2.05) is 49.9 Å². The molecule has 8 nitrogen and oxygen atoms in total. The lowest BCUT2D eigenvalue weighted by Gasteiger charge is -2.19. The number of allylic oxidation sites excluding steroid dienone is 1. The summed E-state index contributed by atoms with van der Waals surface area (Å²) in [5.74, 6) is 3.66. The summed E-state index contributed by atoms with van der Waals surface area (Å²) in [4.78, 5) is 25.6. The molecule has 0 radical (unpaired) electrons. The molecule has 0 saturated heterocycles. The molecule has 0 bridgehead atoms. The van der Waals surface area contributed by atoms with Crippen LogP contribution in [0.3, 0.4) is 0 Å². The largest absolute Gasteiger partial charge is 0.481 e. The molecule has 170 valence electrons. The number of anilines is 3. The molecule has 2 N–H and O–H groups in total. The Balaban J connectivity index is 1.59. The van der Waals surface area contributed by atoms with Crippen molar-refractivity contribution in [2.24, 2.45) is 0 Å². The summed E-state index contributed by atoms with van der Waals surface area (Å²) < 4.78 is 11.3. The Hall–Kier alpha value is -3.59. The van der Waals surface area contributed by atoms with E-state index in [4.69, 9.17) is 14.5 Å². The number of hydrogen-bond donors (Lipinski definition) is 2. The van der Waals surface area contributed by atoms with Gasteiger partial charge in [0.1, 0.15) is 5.75 Å². The van der Waals surface area contributed by atoms with Crippen LogP contribution in [0.25, 0.3) is 0 Å². The third-order valence-electron chi connectivity index (χ3n) is 4.72. The van der Waals surface area contributed by atoms with Crippen molar-refractivity contribution in [1.29, 1.82) is 0 Å². The van der Waals surface area contributed by atoms with Crippen LogP contribution in [0.15, 0.2) is 54.2 Å². The van der Waals surface area contributed by atoms with E-state index in [-0.39, 0.29) is 5.91 Å². The van der Waals surface area contributed by atoms with E-state index in [1.165, 1.54) is 0 Å². The van der Waals surface area contributed by atoms with Crippen LogP contribution < -0.4 is 20.1 Å². The Morgan fingerprint density at radius 1 is 1.15 bits per heavy atom. The molecule has 0 saturated carbocycles. The Kier molecular flexibility index (Phi) is 7.09. The number of aromatic nitrogens is 3. The average molecular weight is 464 g/mol. The number of rotatable bonds is 7. The van der Waals surface area contributed by atoms with Gasteiger partial charge in [0.05, 0.1) is 24.7 Å². The molecule has 1 aromatic carbocycles. The molecule has 2 aromatic heterocycles. The Labute approximate surface area is 196 Å². The van der Waals surface area contributed by atoms with Crippen LogP contribution >= 0.6 is 11.8 Å². The summed E-state index contributed by atoms with van der Waals surface area (Å²) in [5.41, 5.74) is 4.28. The first-order chi connectivity index (χ1) is 16.0. The van der Waals surface area contributed by atoms with Crippen LogP contribution in [-0.2, 0) is 17.0 Å². The summed E-state index contributed by atoms with van der Waals surface area (Å²) in [5, 5.41) is 6.05.